The number of aromatic amines is 1. The van der Waals surface area contributed by atoms with Gasteiger partial charge in [0.2, 0.25) is 17.7 Å². The molecule has 3 aromatic carbocycles. The fraction of sp³-hybridized carbons (Fsp3) is 0.302. The third-order valence-electron chi connectivity index (χ3n) is 12.4. The fourth-order valence-corrected chi connectivity index (χ4v) is 8.65. The number of para-hydroxylation sites is 2. The third kappa shape index (κ3) is 12.9. The molecular formula is C53H55FN8O11. The van der Waals surface area contributed by atoms with Gasteiger partial charge in [-0.2, -0.15) is 0 Å². The Morgan fingerprint density at radius 3 is 2.18 bits per heavy atom. The number of Topliss-reactive ketones (excluding diaryl/α,β-unsaturated/α-hetero) is 1. The molecule has 380 valence electrons. The number of halogens is 1. The van der Waals surface area contributed by atoms with E-state index in [2.05, 4.69) is 41.3 Å². The first-order valence-corrected chi connectivity index (χ1v) is 23.4. The standard InChI is InChI=1S/C53H55FN8O11/c1-30-21-31(13-15-35(30)49-37-10-6-8-12-45(37)73-46-24-34(63)14-16-38(46)49)50(67)57-20-19-56-41(22-32-28-62(2)43-11-7-5-9-36(32)43)52(69)59-39(17-18-47(65)71-3)51(68)61-42(23-33-27-55-29-58-33)53(70)60-40(44(64)26-54)25-48(66)72-4/h5-16,21,24,27-29,39-42,56H,17-20,22-23,25-26H2,1-4H3,(H,55,58)(H,57,67)(H,59,69)(H,60,70)(H,61,68). The molecule has 5 aromatic rings. The Labute approximate surface area is 417 Å². The second-order valence-corrected chi connectivity index (χ2v) is 17.4. The molecule has 4 amide bonds. The molecule has 4 atom stereocenters. The number of nitrogens with zero attached hydrogens (tertiary/aromatic N) is 2. The van der Waals surface area contributed by atoms with Crippen LogP contribution in [0, 0.1) is 6.92 Å². The Morgan fingerprint density at radius 1 is 0.767 bits per heavy atom. The number of alkyl halides is 1. The molecular weight excluding hydrogens is 944 g/mol. The summed E-state index contributed by atoms with van der Waals surface area (Å²) in [5, 5.41) is 15.5. The maximum absolute atomic E-state index is 14.5. The lowest BCUT2D eigenvalue weighted by Crippen LogP contribution is -2.58. The van der Waals surface area contributed by atoms with Crippen LogP contribution in [0.3, 0.4) is 0 Å². The number of amides is 4. The van der Waals surface area contributed by atoms with Gasteiger partial charge in [-0.25, -0.2) is 9.37 Å². The lowest BCUT2D eigenvalue weighted by Gasteiger charge is -2.26. The Hall–Kier alpha value is -8.52. The molecule has 0 fully saturated rings. The van der Waals surface area contributed by atoms with Crippen LogP contribution < -0.4 is 32.0 Å². The lowest BCUT2D eigenvalue weighted by atomic mass is 9.90. The summed E-state index contributed by atoms with van der Waals surface area (Å²) in [6.07, 6.45) is 3.26. The zero-order valence-corrected chi connectivity index (χ0v) is 40.5. The molecule has 0 bridgehead atoms. The summed E-state index contributed by atoms with van der Waals surface area (Å²) < 4.78 is 31.0. The average Bonchev–Trinajstić information content (AvgIpc) is 4.03. The minimum Gasteiger partial charge on any atom is -0.469 e. The molecule has 0 saturated heterocycles. The quantitative estimate of drug-likeness (QED) is 0.0303. The summed E-state index contributed by atoms with van der Waals surface area (Å²) >= 11 is 0. The van der Waals surface area contributed by atoms with Crippen LogP contribution in [0.25, 0.3) is 44.3 Å². The summed E-state index contributed by atoms with van der Waals surface area (Å²) in [6, 6.07) is 19.6. The molecule has 0 radical (unpaired) electrons. The number of hydrogen-bond donors (Lipinski definition) is 6. The van der Waals surface area contributed by atoms with Gasteiger partial charge in [0.05, 0.1) is 33.0 Å². The van der Waals surface area contributed by atoms with Crippen molar-refractivity contribution in [3.05, 3.63) is 136 Å². The third-order valence-corrected chi connectivity index (χ3v) is 12.4. The number of aryl methyl sites for hydroxylation is 2. The van der Waals surface area contributed by atoms with Crippen molar-refractivity contribution in [3.8, 4) is 22.5 Å². The number of fused-ring (bicyclic) bond motifs is 3. The van der Waals surface area contributed by atoms with Crippen LogP contribution in [0.2, 0.25) is 0 Å². The van der Waals surface area contributed by atoms with Gasteiger partial charge in [-0.15, -0.1) is 0 Å². The van der Waals surface area contributed by atoms with Crippen molar-refractivity contribution in [2.24, 2.45) is 7.05 Å². The average molecular weight is 999 g/mol. The van der Waals surface area contributed by atoms with Crippen molar-refractivity contribution < 1.29 is 51.8 Å². The number of ketones is 1. The lowest BCUT2D eigenvalue weighted by molar-refractivity contribution is -0.144. The summed E-state index contributed by atoms with van der Waals surface area (Å²) in [7, 11) is 4.10. The number of rotatable bonds is 23. The Bertz CT molecular complexity index is 3190. The van der Waals surface area contributed by atoms with Crippen LogP contribution in [0.5, 0.6) is 0 Å². The molecule has 73 heavy (non-hydrogen) atoms. The number of aromatic nitrogens is 3. The monoisotopic (exact) mass is 998 g/mol. The first-order valence-electron chi connectivity index (χ1n) is 23.4. The molecule has 6 N–H and O–H groups in total. The van der Waals surface area contributed by atoms with Crippen LogP contribution in [0.15, 0.2) is 113 Å². The number of hydrogen-bond acceptors (Lipinski definition) is 13. The van der Waals surface area contributed by atoms with Crippen molar-refractivity contribution in [1.29, 1.82) is 0 Å². The van der Waals surface area contributed by atoms with E-state index in [-0.39, 0.29) is 50.1 Å². The fourth-order valence-electron chi connectivity index (χ4n) is 8.65. The highest BCUT2D eigenvalue weighted by Crippen LogP contribution is 2.41. The maximum Gasteiger partial charge on any atom is 0.308 e. The van der Waals surface area contributed by atoms with E-state index >= 15 is 0 Å². The number of nitrogens with one attached hydrogen (secondary N) is 6. The van der Waals surface area contributed by atoms with E-state index < -0.39 is 72.7 Å². The van der Waals surface area contributed by atoms with Crippen molar-refractivity contribution in [2.75, 3.05) is 34.0 Å². The van der Waals surface area contributed by atoms with Crippen LogP contribution in [0.1, 0.15) is 46.4 Å². The summed E-state index contributed by atoms with van der Waals surface area (Å²) in [5.74, 6) is -5.13. The number of benzene rings is 4. The van der Waals surface area contributed by atoms with Gasteiger partial charge in [0.1, 0.15) is 36.1 Å². The van der Waals surface area contributed by atoms with Crippen molar-refractivity contribution in [2.45, 2.75) is 63.2 Å². The van der Waals surface area contributed by atoms with E-state index in [0.717, 1.165) is 51.2 Å². The molecule has 1 aliphatic heterocycles. The maximum atomic E-state index is 14.5. The zero-order valence-electron chi connectivity index (χ0n) is 40.5. The molecule has 7 rings (SSSR count). The minimum absolute atomic E-state index is 0.0739. The van der Waals surface area contributed by atoms with Crippen LogP contribution in [0.4, 0.5) is 4.39 Å². The van der Waals surface area contributed by atoms with Crippen LogP contribution in [-0.2, 0) is 58.1 Å². The molecule has 1 aliphatic carbocycles. The predicted molar refractivity (Wildman–Crippen MR) is 267 cm³/mol. The molecule has 2 aliphatic rings. The highest BCUT2D eigenvalue weighted by molar-refractivity contribution is 6.03. The highest BCUT2D eigenvalue weighted by atomic mass is 19.1. The molecule has 2 aromatic heterocycles. The van der Waals surface area contributed by atoms with Gasteiger partial charge in [-0.1, -0.05) is 42.5 Å². The number of H-pyrrole nitrogens is 1. The van der Waals surface area contributed by atoms with Crippen molar-refractivity contribution in [1.82, 2.24) is 41.1 Å². The molecule has 20 heteroatoms. The first kappa shape index (κ1) is 52.3. The SMILES string of the molecule is COC(=O)CCC(NC(=O)C(Cc1cn(C)c2ccccc12)NCCNC(=O)c1ccc(-c2c3ccc(=O)cc-3oc3ccccc23)c(C)c1)C(=O)NC(Cc1cnc[nH]1)C(=O)NC(CC(=O)OC)C(=O)CF. The minimum atomic E-state index is -1.62. The Balaban J connectivity index is 1.09. The van der Waals surface area contributed by atoms with Crippen LogP contribution >= 0.6 is 0 Å². The molecule has 0 saturated carbocycles. The Morgan fingerprint density at radius 2 is 1.45 bits per heavy atom. The number of carbonyl (C=O) groups is 7. The molecule has 19 nitrogen and oxygen atoms in total. The normalized spacial score (nSPS) is 12.9. The van der Waals surface area contributed by atoms with Gasteiger partial charge >= 0.3 is 11.9 Å². The number of ether oxygens (including phenoxy) is 2. The van der Waals surface area contributed by atoms with E-state index in [1.165, 1.54) is 31.8 Å². The smallest absolute Gasteiger partial charge is 0.308 e. The predicted octanol–water partition coefficient (Wildman–Crippen LogP) is 3.77. The van der Waals surface area contributed by atoms with Gasteiger partial charge in [-0.05, 0) is 72.9 Å². The van der Waals surface area contributed by atoms with E-state index in [1.54, 1.807) is 18.2 Å². The zero-order chi connectivity index (χ0) is 52.2. The molecule has 4 unspecified atom stereocenters. The van der Waals surface area contributed by atoms with E-state index in [0.29, 0.717) is 22.6 Å². The number of esters is 2. The first-order chi connectivity index (χ1) is 35.2. The van der Waals surface area contributed by atoms with Gasteiger partial charge in [0.25, 0.3) is 5.91 Å². The second kappa shape index (κ2) is 24.1. The van der Waals surface area contributed by atoms with Gasteiger partial charge in [-0.3, -0.25) is 38.4 Å². The van der Waals surface area contributed by atoms with E-state index in [1.807, 2.05) is 79.3 Å². The van der Waals surface area contributed by atoms with Gasteiger partial charge in [0.15, 0.2) is 11.2 Å². The second-order valence-electron chi connectivity index (χ2n) is 17.4. The topological polar surface area (TPSA) is 262 Å². The van der Waals surface area contributed by atoms with Gasteiger partial charge < -0.3 is 50.0 Å². The largest absolute Gasteiger partial charge is 0.469 e. The highest BCUT2D eigenvalue weighted by Gasteiger charge is 2.33. The van der Waals surface area contributed by atoms with Crippen molar-refractivity contribution in [3.63, 3.8) is 0 Å². The molecule has 3 heterocycles. The van der Waals surface area contributed by atoms with Gasteiger partial charge in [0, 0.05) is 90.1 Å². The summed E-state index contributed by atoms with van der Waals surface area (Å²) in [4.78, 5) is 112. The summed E-state index contributed by atoms with van der Waals surface area (Å²) in [5.41, 5.74) is 6.14. The van der Waals surface area contributed by atoms with Crippen molar-refractivity contribution >= 4 is 63.2 Å². The summed E-state index contributed by atoms with van der Waals surface area (Å²) in [6.45, 7) is 0.563. The number of imidazole rings is 1. The number of methoxy groups -OCH3 is 2. The van der Waals surface area contributed by atoms with E-state index in [9.17, 15) is 42.7 Å². The van der Waals surface area contributed by atoms with E-state index in [4.69, 9.17) is 9.15 Å². The number of carbonyl (C=O) groups excluding carboxylic acids is 7. The Kier molecular flexibility index (Phi) is 17.2. The van der Waals surface area contributed by atoms with Crippen LogP contribution in [-0.4, -0.2) is 114 Å². The molecule has 0 spiro atoms.